The van der Waals surface area contributed by atoms with Crippen LogP contribution in [0.5, 0.6) is 0 Å². The fourth-order valence-electron chi connectivity index (χ4n) is 2.17. The number of carboxylic acid groups (broad SMARTS) is 1. The number of carbonyl (C=O) groups is 2. The van der Waals surface area contributed by atoms with Crippen LogP contribution in [0.1, 0.15) is 10.4 Å². The van der Waals surface area contributed by atoms with Gasteiger partial charge in [0.15, 0.2) is 0 Å². The normalized spacial score (nSPS) is 12.4. The number of hydrogen-bond acceptors (Lipinski definition) is 4. The quantitative estimate of drug-likeness (QED) is 0.678. The fraction of sp³-hybridized carbons (Fsp3) is 0.125. The van der Waals surface area contributed by atoms with E-state index in [4.69, 9.17) is 9.66 Å². The van der Waals surface area contributed by atoms with Gasteiger partial charge in [0, 0.05) is 5.56 Å². The SMILES string of the molecule is O=C(NC(CS(=O)(=O)O)C(=O)O)c1ccccc1-c1ccccc1. The lowest BCUT2D eigenvalue weighted by Gasteiger charge is -2.15. The summed E-state index contributed by atoms with van der Waals surface area (Å²) < 4.78 is 30.6. The Morgan fingerprint density at radius 3 is 2.17 bits per heavy atom. The second-order valence-corrected chi connectivity index (χ2v) is 6.52. The summed E-state index contributed by atoms with van der Waals surface area (Å²) in [5.41, 5.74) is 1.53. The van der Waals surface area contributed by atoms with Crippen molar-refractivity contribution < 1.29 is 27.7 Å². The Kier molecular flexibility index (Phi) is 5.32. The molecule has 0 bridgehead atoms. The van der Waals surface area contributed by atoms with Crippen LogP contribution in [0.3, 0.4) is 0 Å². The molecule has 0 spiro atoms. The zero-order valence-electron chi connectivity index (χ0n) is 12.4. The number of nitrogens with one attached hydrogen (secondary N) is 1. The Balaban J connectivity index is 2.32. The first-order valence-corrected chi connectivity index (χ1v) is 8.52. The van der Waals surface area contributed by atoms with E-state index in [0.717, 1.165) is 5.56 Å². The molecule has 2 aromatic rings. The van der Waals surface area contributed by atoms with Gasteiger partial charge in [-0.25, -0.2) is 4.79 Å². The minimum absolute atomic E-state index is 0.199. The van der Waals surface area contributed by atoms with Gasteiger partial charge in [0.25, 0.3) is 16.0 Å². The Morgan fingerprint density at radius 2 is 1.58 bits per heavy atom. The summed E-state index contributed by atoms with van der Waals surface area (Å²) in [6.07, 6.45) is 0. The molecular formula is C16H15NO6S. The van der Waals surface area contributed by atoms with E-state index in [1.165, 1.54) is 6.07 Å². The number of aliphatic carboxylic acids is 1. The highest BCUT2D eigenvalue weighted by molar-refractivity contribution is 7.85. The summed E-state index contributed by atoms with van der Waals surface area (Å²) >= 11 is 0. The van der Waals surface area contributed by atoms with Gasteiger partial charge < -0.3 is 10.4 Å². The lowest BCUT2D eigenvalue weighted by atomic mass is 9.99. The van der Waals surface area contributed by atoms with E-state index in [2.05, 4.69) is 5.32 Å². The maximum atomic E-state index is 12.4. The lowest BCUT2D eigenvalue weighted by molar-refractivity contribution is -0.138. The summed E-state index contributed by atoms with van der Waals surface area (Å²) in [5.74, 6) is -3.41. The molecule has 0 radical (unpaired) electrons. The van der Waals surface area contributed by atoms with Crippen LogP contribution in [0.4, 0.5) is 0 Å². The average molecular weight is 349 g/mol. The number of benzene rings is 2. The summed E-state index contributed by atoms with van der Waals surface area (Å²) in [6, 6.07) is 13.8. The summed E-state index contributed by atoms with van der Waals surface area (Å²) in [4.78, 5) is 23.5. The van der Waals surface area contributed by atoms with Crippen molar-refractivity contribution in [3.63, 3.8) is 0 Å². The van der Waals surface area contributed by atoms with Gasteiger partial charge in [-0.3, -0.25) is 9.35 Å². The van der Waals surface area contributed by atoms with Gasteiger partial charge in [0.2, 0.25) is 0 Å². The molecule has 8 heteroatoms. The van der Waals surface area contributed by atoms with Crippen molar-refractivity contribution in [2.24, 2.45) is 0 Å². The fourth-order valence-corrected chi connectivity index (χ4v) is 2.82. The highest BCUT2D eigenvalue weighted by Gasteiger charge is 2.26. The first-order chi connectivity index (χ1) is 11.3. The second kappa shape index (κ2) is 7.24. The van der Waals surface area contributed by atoms with Gasteiger partial charge in [0.1, 0.15) is 11.8 Å². The molecule has 1 unspecified atom stereocenters. The molecular weight excluding hydrogens is 334 g/mol. The molecule has 0 saturated carbocycles. The van der Waals surface area contributed by atoms with Crippen molar-refractivity contribution in [2.75, 3.05) is 5.75 Å². The van der Waals surface area contributed by atoms with Crippen molar-refractivity contribution in [2.45, 2.75) is 6.04 Å². The standard InChI is InChI=1S/C16H15NO6S/c18-15(17-14(16(19)20)10-24(21,22)23)13-9-5-4-8-12(13)11-6-2-1-3-7-11/h1-9,14H,10H2,(H,17,18)(H,19,20)(H,21,22,23). The second-order valence-electron chi connectivity index (χ2n) is 5.02. The third-order valence-electron chi connectivity index (χ3n) is 3.24. The number of carboxylic acids is 1. The van der Waals surface area contributed by atoms with Crippen LogP contribution in [0.25, 0.3) is 11.1 Å². The molecule has 0 saturated heterocycles. The minimum atomic E-state index is -4.55. The molecule has 1 atom stereocenters. The Hall–Kier alpha value is -2.71. The topological polar surface area (TPSA) is 121 Å². The van der Waals surface area contributed by atoms with Crippen LogP contribution in [-0.4, -0.2) is 41.7 Å². The smallest absolute Gasteiger partial charge is 0.327 e. The van der Waals surface area contributed by atoms with Crippen molar-refractivity contribution >= 4 is 22.0 Å². The molecule has 7 nitrogen and oxygen atoms in total. The highest BCUT2D eigenvalue weighted by Crippen LogP contribution is 2.23. The van der Waals surface area contributed by atoms with Crippen molar-refractivity contribution in [1.29, 1.82) is 0 Å². The predicted molar refractivity (Wildman–Crippen MR) is 87.2 cm³/mol. The van der Waals surface area contributed by atoms with Crippen LogP contribution in [0.15, 0.2) is 54.6 Å². The zero-order chi connectivity index (χ0) is 17.7. The molecule has 0 heterocycles. The Morgan fingerprint density at radius 1 is 1.00 bits per heavy atom. The van der Waals surface area contributed by atoms with Gasteiger partial charge in [-0.05, 0) is 17.2 Å². The third-order valence-corrected chi connectivity index (χ3v) is 3.99. The van der Waals surface area contributed by atoms with Gasteiger partial charge in [-0.2, -0.15) is 8.42 Å². The maximum Gasteiger partial charge on any atom is 0.327 e. The molecule has 2 rings (SSSR count). The molecule has 0 aliphatic rings. The molecule has 0 fully saturated rings. The Labute approximate surface area is 138 Å². The van der Waals surface area contributed by atoms with E-state index >= 15 is 0 Å². The van der Waals surface area contributed by atoms with Crippen LogP contribution >= 0.6 is 0 Å². The summed E-state index contributed by atoms with van der Waals surface area (Å²) in [5, 5.41) is 11.2. The molecule has 0 aliphatic heterocycles. The number of hydrogen-bond donors (Lipinski definition) is 3. The van der Waals surface area contributed by atoms with Gasteiger partial charge in [-0.15, -0.1) is 0 Å². The predicted octanol–water partition coefficient (Wildman–Crippen LogP) is 1.42. The molecule has 126 valence electrons. The molecule has 24 heavy (non-hydrogen) atoms. The van der Waals surface area contributed by atoms with Crippen LogP contribution in [-0.2, 0) is 14.9 Å². The Bertz CT molecular complexity index is 848. The average Bonchev–Trinajstić information content (AvgIpc) is 2.53. The minimum Gasteiger partial charge on any atom is -0.480 e. The number of amides is 1. The zero-order valence-corrected chi connectivity index (χ0v) is 13.2. The van der Waals surface area contributed by atoms with E-state index in [0.29, 0.717) is 5.56 Å². The number of rotatable bonds is 6. The summed E-state index contributed by atoms with van der Waals surface area (Å²) in [7, 11) is -4.55. The largest absolute Gasteiger partial charge is 0.480 e. The molecule has 3 N–H and O–H groups in total. The third kappa shape index (κ3) is 4.64. The van der Waals surface area contributed by atoms with Crippen molar-refractivity contribution in [3.05, 3.63) is 60.2 Å². The van der Waals surface area contributed by atoms with Crippen LogP contribution < -0.4 is 5.32 Å². The van der Waals surface area contributed by atoms with Gasteiger partial charge in [0.05, 0.1) is 0 Å². The van der Waals surface area contributed by atoms with E-state index in [1.54, 1.807) is 42.5 Å². The van der Waals surface area contributed by atoms with Crippen LogP contribution in [0, 0.1) is 0 Å². The van der Waals surface area contributed by atoms with E-state index in [1.807, 2.05) is 6.07 Å². The molecule has 0 aromatic heterocycles. The van der Waals surface area contributed by atoms with E-state index in [9.17, 15) is 18.0 Å². The van der Waals surface area contributed by atoms with Crippen LogP contribution in [0.2, 0.25) is 0 Å². The van der Waals surface area contributed by atoms with Gasteiger partial charge in [-0.1, -0.05) is 48.5 Å². The van der Waals surface area contributed by atoms with Crippen molar-refractivity contribution in [3.8, 4) is 11.1 Å². The van der Waals surface area contributed by atoms with E-state index in [-0.39, 0.29) is 5.56 Å². The van der Waals surface area contributed by atoms with Gasteiger partial charge >= 0.3 is 5.97 Å². The molecule has 2 aromatic carbocycles. The lowest BCUT2D eigenvalue weighted by Crippen LogP contribution is -2.45. The van der Waals surface area contributed by atoms with E-state index < -0.39 is 33.8 Å². The maximum absolute atomic E-state index is 12.4. The van der Waals surface area contributed by atoms with Crippen molar-refractivity contribution in [1.82, 2.24) is 5.32 Å². The first kappa shape index (κ1) is 17.6. The molecule has 0 aliphatic carbocycles. The highest BCUT2D eigenvalue weighted by atomic mass is 32.2. The molecule has 1 amide bonds. The number of carbonyl (C=O) groups excluding carboxylic acids is 1. The first-order valence-electron chi connectivity index (χ1n) is 6.91. The monoisotopic (exact) mass is 349 g/mol. The summed E-state index contributed by atoms with van der Waals surface area (Å²) in [6.45, 7) is 0.